The first-order valence-electron chi connectivity index (χ1n) is 19.6. The summed E-state index contributed by atoms with van der Waals surface area (Å²) in [6.07, 6.45) is 0. The van der Waals surface area contributed by atoms with Crippen LogP contribution in [0.4, 0.5) is 0 Å². The van der Waals surface area contributed by atoms with E-state index in [-0.39, 0.29) is 5.75 Å². The fourth-order valence-electron chi connectivity index (χ4n) is 9.71. The van der Waals surface area contributed by atoms with Crippen molar-refractivity contribution in [3.05, 3.63) is 204 Å². The number of para-hydroxylation sites is 2. The van der Waals surface area contributed by atoms with E-state index in [1.54, 1.807) is 6.07 Å². The van der Waals surface area contributed by atoms with Crippen LogP contribution in [0.2, 0.25) is 0 Å². The van der Waals surface area contributed by atoms with Crippen molar-refractivity contribution in [3.63, 3.8) is 0 Å². The molecule has 8 aromatic carbocycles. The number of fused-ring (bicyclic) bond motifs is 13. The first-order chi connectivity index (χ1) is 28.6. The lowest BCUT2D eigenvalue weighted by Gasteiger charge is -2.31. The molecule has 5 nitrogen and oxygen atoms in total. The van der Waals surface area contributed by atoms with Gasteiger partial charge in [-0.15, -0.1) is 0 Å². The van der Waals surface area contributed by atoms with E-state index in [1.165, 1.54) is 44.5 Å². The number of aryl methyl sites for hydroxylation is 1. The lowest BCUT2D eigenvalue weighted by Crippen LogP contribution is -2.26. The van der Waals surface area contributed by atoms with E-state index >= 15 is 0 Å². The predicted molar refractivity (Wildman–Crippen MR) is 232 cm³/mol. The summed E-state index contributed by atoms with van der Waals surface area (Å²) < 4.78 is 6.22. The standard InChI is InChI=1S/C53H33N3O2/c1-31-25-26-32(29-41(31)37-16-5-10-23-46(37)57)50-54-51(33-27-28-48-42(30-33)38-17-6-11-24-47(38)58-48)56-52(55-50)40-19-12-18-39-36-15-4-9-22-45(36)53(49(39)40)43-20-7-2-13-34(43)35-14-3-8-21-44(35)53/h2-30,57H,1H3. The highest BCUT2D eigenvalue weighted by Gasteiger charge is 2.52. The number of hydrogen-bond donors (Lipinski definition) is 1. The molecule has 5 heteroatoms. The zero-order valence-electron chi connectivity index (χ0n) is 31.4. The Bertz CT molecular complexity index is 3280. The van der Waals surface area contributed by atoms with E-state index in [9.17, 15) is 5.11 Å². The molecule has 0 bridgehead atoms. The van der Waals surface area contributed by atoms with Gasteiger partial charge >= 0.3 is 0 Å². The Balaban J connectivity index is 1.15. The summed E-state index contributed by atoms with van der Waals surface area (Å²) >= 11 is 0. The van der Waals surface area contributed by atoms with E-state index in [2.05, 4.69) is 128 Å². The Morgan fingerprint density at radius 2 is 0.931 bits per heavy atom. The van der Waals surface area contributed by atoms with Crippen LogP contribution in [-0.4, -0.2) is 20.1 Å². The maximum absolute atomic E-state index is 10.9. The molecule has 0 aliphatic heterocycles. The predicted octanol–water partition coefficient (Wildman–Crippen LogP) is 12.8. The van der Waals surface area contributed by atoms with Gasteiger partial charge in [-0.3, -0.25) is 0 Å². The lowest BCUT2D eigenvalue weighted by atomic mass is 9.69. The van der Waals surface area contributed by atoms with E-state index in [1.807, 2.05) is 48.5 Å². The Labute approximate surface area is 334 Å². The van der Waals surface area contributed by atoms with Crippen molar-refractivity contribution in [2.24, 2.45) is 0 Å². The summed E-state index contributed by atoms with van der Waals surface area (Å²) in [7, 11) is 0. The molecule has 0 saturated heterocycles. The number of aromatic nitrogens is 3. The van der Waals surface area contributed by atoms with Gasteiger partial charge in [0.05, 0.1) is 5.41 Å². The summed E-state index contributed by atoms with van der Waals surface area (Å²) in [5, 5.41) is 13.0. The molecule has 2 aromatic heterocycles. The summed E-state index contributed by atoms with van der Waals surface area (Å²) in [5.74, 6) is 1.92. The van der Waals surface area contributed by atoms with Gasteiger partial charge in [-0.2, -0.15) is 0 Å². The van der Waals surface area contributed by atoms with Crippen LogP contribution in [0, 0.1) is 6.92 Å². The molecule has 1 N–H and O–H groups in total. The molecule has 0 radical (unpaired) electrons. The van der Waals surface area contributed by atoms with Gasteiger partial charge in [0.25, 0.3) is 0 Å². The van der Waals surface area contributed by atoms with Gasteiger partial charge < -0.3 is 9.52 Å². The smallest absolute Gasteiger partial charge is 0.164 e. The molecule has 10 aromatic rings. The van der Waals surface area contributed by atoms with Gasteiger partial charge in [-0.1, -0.05) is 140 Å². The second-order valence-electron chi connectivity index (χ2n) is 15.3. The molecule has 0 saturated carbocycles. The van der Waals surface area contributed by atoms with Crippen LogP contribution in [0.15, 0.2) is 180 Å². The molecule has 12 rings (SSSR count). The average Bonchev–Trinajstić information content (AvgIpc) is 3.91. The van der Waals surface area contributed by atoms with Crippen LogP contribution in [0.1, 0.15) is 27.8 Å². The fraction of sp³-hybridized carbons (Fsp3) is 0.0377. The lowest BCUT2D eigenvalue weighted by molar-refractivity contribution is 0.477. The molecule has 0 unspecified atom stereocenters. The summed E-state index contributed by atoms with van der Waals surface area (Å²) in [6.45, 7) is 2.06. The molecule has 0 atom stereocenters. The number of hydrogen-bond acceptors (Lipinski definition) is 5. The number of rotatable bonds is 4. The van der Waals surface area contributed by atoms with Crippen molar-refractivity contribution in [2.45, 2.75) is 12.3 Å². The molecule has 2 aliphatic carbocycles. The molecular formula is C53H33N3O2. The van der Waals surface area contributed by atoms with Gasteiger partial charge in [0.15, 0.2) is 17.5 Å². The first-order valence-corrected chi connectivity index (χ1v) is 19.6. The number of nitrogens with zero attached hydrogens (tertiary/aromatic N) is 3. The normalized spacial score (nSPS) is 13.1. The molecule has 272 valence electrons. The number of aromatic hydroxyl groups is 1. The Morgan fingerprint density at radius 3 is 1.64 bits per heavy atom. The van der Waals surface area contributed by atoms with E-state index in [0.29, 0.717) is 17.5 Å². The number of phenolic OH excluding ortho intramolecular Hbond substituents is 1. The molecule has 2 aliphatic rings. The molecule has 0 fully saturated rings. The number of furan rings is 1. The zero-order chi connectivity index (χ0) is 38.5. The monoisotopic (exact) mass is 743 g/mol. The van der Waals surface area contributed by atoms with Crippen LogP contribution in [0.3, 0.4) is 0 Å². The number of benzene rings is 8. The van der Waals surface area contributed by atoms with Crippen LogP contribution < -0.4 is 0 Å². The minimum atomic E-state index is -0.584. The molecule has 1 spiro atoms. The van der Waals surface area contributed by atoms with Gasteiger partial charge in [0.1, 0.15) is 16.9 Å². The summed E-state index contributed by atoms with van der Waals surface area (Å²) in [6, 6.07) is 61.0. The van der Waals surface area contributed by atoms with Gasteiger partial charge in [0.2, 0.25) is 0 Å². The molecular weight excluding hydrogens is 711 g/mol. The van der Waals surface area contributed by atoms with Crippen molar-refractivity contribution < 1.29 is 9.52 Å². The van der Waals surface area contributed by atoms with Gasteiger partial charge in [0, 0.05) is 33.0 Å². The Morgan fingerprint density at radius 1 is 0.414 bits per heavy atom. The third-order valence-electron chi connectivity index (χ3n) is 12.2. The van der Waals surface area contributed by atoms with Crippen molar-refractivity contribution in [3.8, 4) is 73.3 Å². The van der Waals surface area contributed by atoms with Crippen LogP contribution >= 0.6 is 0 Å². The highest BCUT2D eigenvalue weighted by Crippen LogP contribution is 2.64. The van der Waals surface area contributed by atoms with Crippen molar-refractivity contribution in [1.82, 2.24) is 15.0 Å². The zero-order valence-corrected chi connectivity index (χ0v) is 31.4. The van der Waals surface area contributed by atoms with Crippen molar-refractivity contribution >= 4 is 21.9 Å². The first kappa shape index (κ1) is 32.6. The highest BCUT2D eigenvalue weighted by molar-refractivity contribution is 6.06. The van der Waals surface area contributed by atoms with E-state index < -0.39 is 5.41 Å². The third-order valence-corrected chi connectivity index (χ3v) is 12.2. The molecule has 58 heavy (non-hydrogen) atoms. The van der Waals surface area contributed by atoms with Crippen molar-refractivity contribution in [2.75, 3.05) is 0 Å². The summed E-state index contributed by atoms with van der Waals surface area (Å²) in [5.41, 5.74) is 16.2. The third kappa shape index (κ3) is 4.50. The topological polar surface area (TPSA) is 72.0 Å². The Kier molecular flexibility index (Phi) is 6.85. The maximum Gasteiger partial charge on any atom is 0.164 e. The Hall–Kier alpha value is -7.63. The van der Waals surface area contributed by atoms with E-state index in [0.717, 1.165) is 55.3 Å². The van der Waals surface area contributed by atoms with Crippen LogP contribution in [0.5, 0.6) is 5.75 Å². The highest BCUT2D eigenvalue weighted by atomic mass is 16.3. The second-order valence-corrected chi connectivity index (χ2v) is 15.3. The summed E-state index contributed by atoms with van der Waals surface area (Å²) in [4.78, 5) is 16.0. The minimum Gasteiger partial charge on any atom is -0.507 e. The molecule has 0 amide bonds. The number of phenols is 1. The van der Waals surface area contributed by atoms with Gasteiger partial charge in [-0.25, -0.2) is 15.0 Å². The molecule has 2 heterocycles. The maximum atomic E-state index is 10.9. The van der Waals surface area contributed by atoms with Crippen molar-refractivity contribution in [1.29, 1.82) is 0 Å². The van der Waals surface area contributed by atoms with Crippen LogP contribution in [0.25, 0.3) is 89.5 Å². The second kappa shape index (κ2) is 12.2. The van der Waals surface area contributed by atoms with Gasteiger partial charge in [-0.05, 0) is 99.0 Å². The SMILES string of the molecule is Cc1ccc(-c2nc(-c3ccc4oc5ccccc5c4c3)nc(-c3cccc4c3C3(c5ccccc5-c5ccccc53)c3ccccc3-4)n2)cc1-c1ccccc1O. The quantitative estimate of drug-likeness (QED) is 0.194. The fourth-order valence-corrected chi connectivity index (χ4v) is 9.71. The average molecular weight is 744 g/mol. The van der Waals surface area contributed by atoms with Crippen LogP contribution in [-0.2, 0) is 5.41 Å². The largest absolute Gasteiger partial charge is 0.507 e. The van der Waals surface area contributed by atoms with E-state index in [4.69, 9.17) is 19.4 Å². The minimum absolute atomic E-state index is 0.224.